The molecule has 0 aliphatic heterocycles. The highest BCUT2D eigenvalue weighted by atomic mass is 35.5. The van der Waals surface area contributed by atoms with E-state index in [0.29, 0.717) is 27.4 Å². The van der Waals surface area contributed by atoms with Crippen LogP contribution in [-0.4, -0.2) is 22.4 Å². The van der Waals surface area contributed by atoms with Crippen LogP contribution in [0.3, 0.4) is 0 Å². The Balaban J connectivity index is 2.54. The zero-order chi connectivity index (χ0) is 17.9. The quantitative estimate of drug-likeness (QED) is 0.758. The third-order valence-corrected chi connectivity index (χ3v) is 3.94. The van der Waals surface area contributed by atoms with Crippen molar-refractivity contribution in [3.05, 3.63) is 70.8 Å². The number of alkyl halides is 1. The molecule has 124 valence electrons. The normalized spacial score (nSPS) is 11.6. The van der Waals surface area contributed by atoms with E-state index in [1.54, 1.807) is 31.2 Å². The first-order valence-corrected chi connectivity index (χ1v) is 7.89. The highest BCUT2D eigenvalue weighted by Gasteiger charge is 2.17. The Hall–Kier alpha value is -2.30. The first kappa shape index (κ1) is 18.0. The van der Waals surface area contributed by atoms with Crippen LogP contribution in [0.2, 0.25) is 5.02 Å². The molecular formula is C18H15Cl2NO3. The molecule has 4 nitrogen and oxygen atoms in total. The molecule has 1 unspecified atom stereocenters. The molecule has 2 rings (SSSR count). The molecule has 0 heterocycles. The van der Waals surface area contributed by atoms with Gasteiger partial charge in [-0.1, -0.05) is 36.4 Å². The Morgan fingerprint density at radius 2 is 1.83 bits per heavy atom. The van der Waals surface area contributed by atoms with Crippen molar-refractivity contribution in [2.24, 2.45) is 0 Å². The predicted molar refractivity (Wildman–Crippen MR) is 96.9 cm³/mol. The number of carbonyl (C=O) groups is 2. The van der Waals surface area contributed by atoms with Crippen LogP contribution in [0.4, 0.5) is 5.69 Å². The van der Waals surface area contributed by atoms with Gasteiger partial charge in [-0.3, -0.25) is 4.79 Å². The number of hydrogen-bond donors (Lipinski definition) is 2. The summed E-state index contributed by atoms with van der Waals surface area (Å²) in [6.45, 7) is 5.55. The fraction of sp³-hybridized carbons (Fsp3) is 0.111. The van der Waals surface area contributed by atoms with E-state index >= 15 is 0 Å². The maximum absolute atomic E-state index is 11.9. The number of aromatic carboxylic acids is 1. The summed E-state index contributed by atoms with van der Waals surface area (Å²) in [6.07, 6.45) is 0. The number of rotatable bonds is 5. The van der Waals surface area contributed by atoms with Gasteiger partial charge in [0.05, 0.1) is 5.56 Å². The second kappa shape index (κ2) is 7.51. The number of carboxylic acid groups (broad SMARTS) is 1. The Morgan fingerprint density at radius 1 is 1.17 bits per heavy atom. The summed E-state index contributed by atoms with van der Waals surface area (Å²) in [4.78, 5) is 23.2. The second-order valence-electron chi connectivity index (χ2n) is 5.13. The van der Waals surface area contributed by atoms with Crippen molar-refractivity contribution in [2.75, 3.05) is 5.32 Å². The van der Waals surface area contributed by atoms with Gasteiger partial charge in [0.15, 0.2) is 0 Å². The lowest BCUT2D eigenvalue weighted by atomic mass is 9.96. The van der Waals surface area contributed by atoms with Gasteiger partial charge in [-0.15, -0.1) is 11.6 Å². The zero-order valence-corrected chi connectivity index (χ0v) is 14.4. The van der Waals surface area contributed by atoms with E-state index in [1.165, 1.54) is 18.2 Å². The van der Waals surface area contributed by atoms with Crippen molar-refractivity contribution in [1.82, 2.24) is 0 Å². The number of nitrogens with one attached hydrogen (secondary N) is 1. The minimum Gasteiger partial charge on any atom is -0.478 e. The minimum absolute atomic E-state index is 0.0788. The fourth-order valence-corrected chi connectivity index (χ4v) is 2.42. The molecule has 2 aromatic carbocycles. The van der Waals surface area contributed by atoms with Crippen LogP contribution in [0.25, 0.3) is 5.57 Å². The lowest BCUT2D eigenvalue weighted by Gasteiger charge is -2.16. The lowest BCUT2D eigenvalue weighted by Crippen LogP contribution is -2.21. The van der Waals surface area contributed by atoms with Crippen LogP contribution >= 0.6 is 23.2 Å². The van der Waals surface area contributed by atoms with Crippen LogP contribution in [0, 0.1) is 0 Å². The average molecular weight is 364 g/mol. The molecule has 2 aromatic rings. The van der Waals surface area contributed by atoms with Crippen molar-refractivity contribution in [2.45, 2.75) is 12.3 Å². The third kappa shape index (κ3) is 3.96. The molecule has 0 radical (unpaired) electrons. The van der Waals surface area contributed by atoms with Gasteiger partial charge in [-0.2, -0.15) is 0 Å². The van der Waals surface area contributed by atoms with Crippen molar-refractivity contribution >= 4 is 46.3 Å². The summed E-state index contributed by atoms with van der Waals surface area (Å²) in [5.74, 6) is -1.47. The monoisotopic (exact) mass is 363 g/mol. The predicted octanol–water partition coefficient (Wildman–Crippen LogP) is 4.67. The molecule has 0 aliphatic rings. The van der Waals surface area contributed by atoms with Crippen molar-refractivity contribution in [3.8, 4) is 0 Å². The fourth-order valence-electron chi connectivity index (χ4n) is 2.12. The number of carbonyl (C=O) groups excluding carboxylic acids is 1. The van der Waals surface area contributed by atoms with E-state index < -0.39 is 17.3 Å². The first-order valence-electron chi connectivity index (χ1n) is 7.07. The highest BCUT2D eigenvalue weighted by Crippen LogP contribution is 2.33. The number of amides is 1. The molecule has 24 heavy (non-hydrogen) atoms. The second-order valence-corrected chi connectivity index (χ2v) is 6.19. The molecule has 0 spiro atoms. The van der Waals surface area contributed by atoms with Gasteiger partial charge in [0.25, 0.3) is 0 Å². The van der Waals surface area contributed by atoms with Crippen molar-refractivity contribution in [3.63, 3.8) is 0 Å². The minimum atomic E-state index is -1.08. The molecule has 0 fully saturated rings. The smallest absolute Gasteiger partial charge is 0.335 e. The Morgan fingerprint density at radius 3 is 2.42 bits per heavy atom. The van der Waals surface area contributed by atoms with E-state index in [1.807, 2.05) is 0 Å². The van der Waals surface area contributed by atoms with E-state index in [-0.39, 0.29) is 5.56 Å². The summed E-state index contributed by atoms with van der Waals surface area (Å²) >= 11 is 12.0. The van der Waals surface area contributed by atoms with Gasteiger partial charge in [-0.05, 0) is 36.8 Å². The molecule has 0 aromatic heterocycles. The number of hydrogen-bond acceptors (Lipinski definition) is 2. The summed E-state index contributed by atoms with van der Waals surface area (Å²) < 4.78 is 0. The van der Waals surface area contributed by atoms with Crippen molar-refractivity contribution in [1.29, 1.82) is 0 Å². The van der Waals surface area contributed by atoms with Gasteiger partial charge < -0.3 is 10.4 Å². The summed E-state index contributed by atoms with van der Waals surface area (Å²) in [5, 5.41) is 11.6. The number of halogens is 2. The Kier molecular flexibility index (Phi) is 5.65. The number of anilines is 1. The summed E-state index contributed by atoms with van der Waals surface area (Å²) in [7, 11) is 0. The summed E-state index contributed by atoms with van der Waals surface area (Å²) in [5.41, 5.74) is 2.11. The SMILES string of the molecule is C=C(c1ccccc1Cl)c1cc(C(=O)O)ccc1NC(=O)C(C)Cl. The molecule has 0 aliphatic carbocycles. The van der Waals surface area contributed by atoms with Gasteiger partial charge in [0.1, 0.15) is 5.38 Å². The van der Waals surface area contributed by atoms with Gasteiger partial charge in [0.2, 0.25) is 5.91 Å². The number of carboxylic acids is 1. The largest absolute Gasteiger partial charge is 0.478 e. The van der Waals surface area contributed by atoms with Gasteiger partial charge in [0, 0.05) is 21.8 Å². The molecule has 0 saturated carbocycles. The van der Waals surface area contributed by atoms with E-state index in [9.17, 15) is 14.7 Å². The van der Waals surface area contributed by atoms with E-state index in [4.69, 9.17) is 23.2 Å². The molecule has 2 N–H and O–H groups in total. The van der Waals surface area contributed by atoms with E-state index in [2.05, 4.69) is 11.9 Å². The first-order chi connectivity index (χ1) is 11.3. The van der Waals surface area contributed by atoms with Crippen molar-refractivity contribution < 1.29 is 14.7 Å². The highest BCUT2D eigenvalue weighted by molar-refractivity contribution is 6.33. The standard InChI is InChI=1S/C18H15Cl2NO3/c1-10(13-5-3-4-6-15(13)20)14-9-12(18(23)24)7-8-16(14)21-17(22)11(2)19/h3-9,11H,1H2,2H3,(H,21,22)(H,23,24). The Labute approximate surface area is 149 Å². The molecule has 0 bridgehead atoms. The lowest BCUT2D eigenvalue weighted by molar-refractivity contribution is -0.115. The third-order valence-electron chi connectivity index (χ3n) is 3.41. The maximum atomic E-state index is 11.9. The zero-order valence-electron chi connectivity index (χ0n) is 12.8. The molecule has 6 heteroatoms. The maximum Gasteiger partial charge on any atom is 0.335 e. The Bertz CT molecular complexity index is 816. The van der Waals surface area contributed by atoms with Gasteiger partial charge >= 0.3 is 5.97 Å². The molecule has 0 saturated heterocycles. The average Bonchev–Trinajstić information content (AvgIpc) is 2.54. The molecular weight excluding hydrogens is 349 g/mol. The number of benzene rings is 2. The van der Waals surface area contributed by atoms with E-state index in [0.717, 1.165) is 0 Å². The van der Waals surface area contributed by atoms with Crippen LogP contribution in [0.1, 0.15) is 28.4 Å². The summed E-state index contributed by atoms with van der Waals surface area (Å²) in [6, 6.07) is 11.4. The molecule has 1 amide bonds. The topological polar surface area (TPSA) is 66.4 Å². The molecule has 1 atom stereocenters. The van der Waals surface area contributed by atoms with Crippen LogP contribution < -0.4 is 5.32 Å². The van der Waals surface area contributed by atoms with Crippen LogP contribution in [0.15, 0.2) is 49.0 Å². The van der Waals surface area contributed by atoms with Crippen LogP contribution in [0.5, 0.6) is 0 Å². The van der Waals surface area contributed by atoms with Gasteiger partial charge in [-0.25, -0.2) is 4.79 Å². The van der Waals surface area contributed by atoms with Crippen LogP contribution in [-0.2, 0) is 4.79 Å².